The summed E-state index contributed by atoms with van der Waals surface area (Å²) in [7, 11) is 0. The molecule has 0 radical (unpaired) electrons. The molecule has 0 aromatic heterocycles. The normalized spacial score (nSPS) is 11.6. The first kappa shape index (κ1) is 21.2. The van der Waals surface area contributed by atoms with Crippen molar-refractivity contribution in [1.29, 1.82) is 0 Å². The van der Waals surface area contributed by atoms with Crippen LogP contribution >= 0.6 is 0 Å². The molecule has 0 fully saturated rings. The SMILES string of the molecule is Cc1ccc(C=Cc2ccc(N(c3ccc(C)cc3)c3cccc4c3-c3ccccc3-4)cc2)cc1. The first-order chi connectivity index (χ1) is 17.2. The Balaban J connectivity index is 1.39. The summed E-state index contributed by atoms with van der Waals surface area (Å²) in [4.78, 5) is 2.38. The van der Waals surface area contributed by atoms with Crippen molar-refractivity contribution < 1.29 is 0 Å². The number of aryl methyl sites for hydroxylation is 2. The molecule has 0 amide bonds. The zero-order chi connectivity index (χ0) is 23.8. The second-order valence-corrected chi connectivity index (χ2v) is 9.25. The average molecular weight is 450 g/mol. The lowest BCUT2D eigenvalue weighted by atomic mass is 9.79. The second-order valence-electron chi connectivity index (χ2n) is 9.25. The fraction of sp³-hybridized carbons (Fsp3) is 0.0588. The number of hydrogen-bond donors (Lipinski definition) is 0. The van der Waals surface area contributed by atoms with E-state index in [-0.39, 0.29) is 0 Å². The Morgan fingerprint density at radius 1 is 0.457 bits per heavy atom. The van der Waals surface area contributed by atoms with Crippen molar-refractivity contribution in [2.75, 3.05) is 4.90 Å². The predicted octanol–water partition coefficient (Wildman–Crippen LogP) is 9.59. The highest BCUT2D eigenvalue weighted by Gasteiger charge is 2.27. The van der Waals surface area contributed by atoms with Gasteiger partial charge < -0.3 is 4.90 Å². The van der Waals surface area contributed by atoms with Gasteiger partial charge in [0, 0.05) is 16.9 Å². The van der Waals surface area contributed by atoms with Crippen molar-refractivity contribution in [2.45, 2.75) is 13.8 Å². The van der Waals surface area contributed by atoms with E-state index in [9.17, 15) is 0 Å². The van der Waals surface area contributed by atoms with Gasteiger partial charge in [-0.05, 0) is 72.0 Å². The van der Waals surface area contributed by atoms with Crippen molar-refractivity contribution >= 4 is 29.2 Å². The Labute approximate surface area is 207 Å². The number of rotatable bonds is 5. The third-order valence-electron chi connectivity index (χ3n) is 6.76. The fourth-order valence-electron chi connectivity index (χ4n) is 4.83. The highest BCUT2D eigenvalue weighted by atomic mass is 15.1. The van der Waals surface area contributed by atoms with Crippen LogP contribution in [0.25, 0.3) is 34.4 Å². The van der Waals surface area contributed by atoms with E-state index in [2.05, 4.69) is 146 Å². The average Bonchev–Trinajstić information content (AvgIpc) is 2.89. The summed E-state index contributed by atoms with van der Waals surface area (Å²) in [6, 6.07) is 41.6. The molecule has 0 spiro atoms. The van der Waals surface area contributed by atoms with Gasteiger partial charge in [0.15, 0.2) is 0 Å². The van der Waals surface area contributed by atoms with E-state index in [1.807, 2.05) is 0 Å². The Hall–Kier alpha value is -4.36. The smallest absolute Gasteiger partial charge is 0.0546 e. The maximum atomic E-state index is 2.38. The lowest BCUT2D eigenvalue weighted by molar-refractivity contribution is 1.27. The Bertz CT molecular complexity index is 1520. The van der Waals surface area contributed by atoms with Crippen LogP contribution in [0.4, 0.5) is 17.1 Å². The quantitative estimate of drug-likeness (QED) is 0.237. The molecule has 0 bridgehead atoms. The molecule has 5 aromatic carbocycles. The van der Waals surface area contributed by atoms with E-state index in [0.717, 1.165) is 11.4 Å². The van der Waals surface area contributed by atoms with E-state index in [0.29, 0.717) is 0 Å². The molecule has 35 heavy (non-hydrogen) atoms. The van der Waals surface area contributed by atoms with Crippen molar-refractivity contribution in [3.63, 3.8) is 0 Å². The van der Waals surface area contributed by atoms with Gasteiger partial charge in [-0.15, -0.1) is 0 Å². The van der Waals surface area contributed by atoms with Gasteiger partial charge in [-0.2, -0.15) is 0 Å². The molecule has 168 valence electrons. The molecule has 0 unspecified atom stereocenters. The minimum absolute atomic E-state index is 1.15. The molecule has 5 aromatic rings. The molecular formula is C34H27N. The summed E-state index contributed by atoms with van der Waals surface area (Å²) >= 11 is 0. The van der Waals surface area contributed by atoms with Gasteiger partial charge in [0.05, 0.1) is 5.69 Å². The molecule has 0 N–H and O–H groups in total. The van der Waals surface area contributed by atoms with Gasteiger partial charge in [0.1, 0.15) is 0 Å². The maximum Gasteiger partial charge on any atom is 0.0546 e. The van der Waals surface area contributed by atoms with Crippen LogP contribution in [0.3, 0.4) is 0 Å². The van der Waals surface area contributed by atoms with Crippen LogP contribution in [0.2, 0.25) is 0 Å². The van der Waals surface area contributed by atoms with Crippen LogP contribution in [0, 0.1) is 13.8 Å². The molecule has 0 atom stereocenters. The maximum absolute atomic E-state index is 2.38. The highest BCUT2D eigenvalue weighted by molar-refractivity contribution is 6.09. The van der Waals surface area contributed by atoms with Crippen LogP contribution < -0.4 is 4.90 Å². The molecule has 0 saturated carbocycles. The summed E-state index contributed by atoms with van der Waals surface area (Å²) in [5.74, 6) is 0. The van der Waals surface area contributed by atoms with Crippen molar-refractivity contribution in [3.8, 4) is 22.3 Å². The molecule has 1 aliphatic rings. The van der Waals surface area contributed by atoms with Crippen molar-refractivity contribution in [3.05, 3.63) is 138 Å². The first-order valence-corrected chi connectivity index (χ1v) is 12.1. The van der Waals surface area contributed by atoms with Gasteiger partial charge in [0.25, 0.3) is 0 Å². The van der Waals surface area contributed by atoms with E-state index in [1.54, 1.807) is 0 Å². The van der Waals surface area contributed by atoms with Crippen LogP contribution in [-0.4, -0.2) is 0 Å². The number of anilines is 3. The fourth-order valence-corrected chi connectivity index (χ4v) is 4.83. The zero-order valence-electron chi connectivity index (χ0n) is 20.1. The Kier molecular flexibility index (Phi) is 5.31. The molecule has 1 aliphatic carbocycles. The molecular weight excluding hydrogens is 422 g/mol. The molecule has 1 heteroatoms. The lowest BCUT2D eigenvalue weighted by Crippen LogP contribution is -2.13. The van der Waals surface area contributed by atoms with E-state index in [1.165, 1.54) is 50.2 Å². The molecule has 6 rings (SSSR count). The largest absolute Gasteiger partial charge is 0.310 e. The molecule has 0 aliphatic heterocycles. The van der Waals surface area contributed by atoms with E-state index in [4.69, 9.17) is 0 Å². The molecule has 1 nitrogen and oxygen atoms in total. The monoisotopic (exact) mass is 449 g/mol. The first-order valence-electron chi connectivity index (χ1n) is 12.1. The van der Waals surface area contributed by atoms with E-state index < -0.39 is 0 Å². The van der Waals surface area contributed by atoms with Gasteiger partial charge in [-0.25, -0.2) is 0 Å². The number of nitrogens with zero attached hydrogens (tertiary/aromatic N) is 1. The standard InChI is InChI=1S/C34H27N/c1-24-10-14-26(15-11-24)16-17-27-18-22-29(23-19-27)35(28-20-12-25(2)13-21-28)33-9-5-8-32-30-6-3-4-7-31(30)34(32)33/h3-23H,1-2H3. The molecule has 0 saturated heterocycles. The molecule has 0 heterocycles. The summed E-state index contributed by atoms with van der Waals surface area (Å²) in [6.07, 6.45) is 4.35. The van der Waals surface area contributed by atoms with Crippen LogP contribution in [-0.2, 0) is 0 Å². The van der Waals surface area contributed by atoms with Crippen LogP contribution in [0.5, 0.6) is 0 Å². The number of hydrogen-bond acceptors (Lipinski definition) is 1. The summed E-state index contributed by atoms with van der Waals surface area (Å²) in [5, 5.41) is 0. The summed E-state index contributed by atoms with van der Waals surface area (Å²) in [5.41, 5.74) is 13.8. The van der Waals surface area contributed by atoms with Crippen molar-refractivity contribution in [2.24, 2.45) is 0 Å². The minimum Gasteiger partial charge on any atom is -0.310 e. The highest BCUT2D eigenvalue weighted by Crippen LogP contribution is 2.53. The van der Waals surface area contributed by atoms with Crippen LogP contribution in [0.15, 0.2) is 115 Å². The second kappa shape index (κ2) is 8.77. The van der Waals surface area contributed by atoms with Gasteiger partial charge in [0.2, 0.25) is 0 Å². The number of benzene rings is 5. The third kappa shape index (κ3) is 3.96. The van der Waals surface area contributed by atoms with E-state index >= 15 is 0 Å². The van der Waals surface area contributed by atoms with Crippen molar-refractivity contribution in [1.82, 2.24) is 0 Å². The minimum atomic E-state index is 1.15. The lowest BCUT2D eigenvalue weighted by Gasteiger charge is -2.33. The van der Waals surface area contributed by atoms with Crippen LogP contribution in [0.1, 0.15) is 22.3 Å². The van der Waals surface area contributed by atoms with Gasteiger partial charge in [-0.3, -0.25) is 0 Å². The van der Waals surface area contributed by atoms with Gasteiger partial charge >= 0.3 is 0 Å². The Morgan fingerprint density at radius 2 is 0.943 bits per heavy atom. The summed E-state index contributed by atoms with van der Waals surface area (Å²) < 4.78 is 0. The predicted molar refractivity (Wildman–Crippen MR) is 150 cm³/mol. The van der Waals surface area contributed by atoms with Gasteiger partial charge in [-0.1, -0.05) is 108 Å². The summed E-state index contributed by atoms with van der Waals surface area (Å²) in [6.45, 7) is 4.25. The topological polar surface area (TPSA) is 3.24 Å². The zero-order valence-corrected chi connectivity index (χ0v) is 20.1. The number of fused-ring (bicyclic) bond motifs is 4. The third-order valence-corrected chi connectivity index (χ3v) is 6.76. The Morgan fingerprint density at radius 3 is 1.57 bits per heavy atom.